The van der Waals surface area contributed by atoms with E-state index in [0.717, 1.165) is 24.4 Å². The van der Waals surface area contributed by atoms with Crippen molar-refractivity contribution in [2.45, 2.75) is 30.8 Å². The smallest absolute Gasteiger partial charge is 0.175 e. The van der Waals surface area contributed by atoms with Crippen LogP contribution < -0.4 is 5.32 Å². The van der Waals surface area contributed by atoms with Crippen LogP contribution in [0.15, 0.2) is 41.6 Å². The number of hydrogen-bond acceptors (Lipinski definition) is 4. The van der Waals surface area contributed by atoms with Gasteiger partial charge in [-0.3, -0.25) is 0 Å². The Morgan fingerprint density at radius 2 is 1.95 bits per heavy atom. The van der Waals surface area contributed by atoms with Crippen LogP contribution >= 0.6 is 0 Å². The number of rotatable bonds is 6. The first-order valence-electron chi connectivity index (χ1n) is 6.93. The molecule has 0 aliphatic heterocycles. The molecular formula is C15H21N3O2S. The summed E-state index contributed by atoms with van der Waals surface area (Å²) in [6.45, 7) is 2.97. The van der Waals surface area contributed by atoms with Gasteiger partial charge in [-0.25, -0.2) is 13.4 Å². The summed E-state index contributed by atoms with van der Waals surface area (Å²) in [6, 6.07) is 7.13. The van der Waals surface area contributed by atoms with Gasteiger partial charge in [0, 0.05) is 37.7 Å². The Morgan fingerprint density at radius 3 is 2.48 bits per heavy atom. The fraction of sp³-hybridized carbons (Fsp3) is 0.400. The lowest BCUT2D eigenvalue weighted by Gasteiger charge is -2.17. The third kappa shape index (κ3) is 3.71. The van der Waals surface area contributed by atoms with E-state index in [-0.39, 0.29) is 6.04 Å². The zero-order chi connectivity index (χ0) is 15.5. The molecule has 1 atom stereocenters. The zero-order valence-corrected chi connectivity index (χ0v) is 13.4. The molecule has 1 heterocycles. The Balaban J connectivity index is 2.22. The second kappa shape index (κ2) is 6.41. The molecule has 114 valence electrons. The lowest BCUT2D eigenvalue weighted by atomic mass is 10.0. The average Bonchev–Trinajstić information content (AvgIpc) is 2.91. The normalized spacial score (nSPS) is 13.3. The topological polar surface area (TPSA) is 64.0 Å². The molecule has 1 aromatic heterocycles. The van der Waals surface area contributed by atoms with Gasteiger partial charge in [0.25, 0.3) is 0 Å². The van der Waals surface area contributed by atoms with Crippen molar-refractivity contribution < 1.29 is 8.42 Å². The summed E-state index contributed by atoms with van der Waals surface area (Å²) in [6.07, 6.45) is 5.75. The molecule has 0 saturated carbocycles. The van der Waals surface area contributed by atoms with E-state index in [1.807, 2.05) is 25.4 Å². The number of nitrogens with zero attached hydrogens (tertiary/aromatic N) is 2. The number of aromatic nitrogens is 2. The minimum Gasteiger partial charge on any atom is -0.335 e. The minimum absolute atomic E-state index is 0.103. The standard InChI is InChI=1S/C15H21N3O2S/c1-4-18-10-9-17-15(18)11-14(16-2)12-5-7-13(8-6-12)21(3,19)20/h5-10,14,16H,4,11H2,1-3H3. The van der Waals surface area contributed by atoms with Crippen LogP contribution in [0.5, 0.6) is 0 Å². The number of sulfone groups is 1. The van der Waals surface area contributed by atoms with E-state index < -0.39 is 9.84 Å². The van der Waals surface area contributed by atoms with Crippen molar-refractivity contribution in [1.29, 1.82) is 0 Å². The first-order valence-corrected chi connectivity index (χ1v) is 8.82. The molecule has 1 N–H and O–H groups in total. The largest absolute Gasteiger partial charge is 0.335 e. The van der Waals surface area contributed by atoms with Gasteiger partial charge in [0.2, 0.25) is 0 Å². The lowest BCUT2D eigenvalue weighted by molar-refractivity contribution is 0.552. The van der Waals surface area contributed by atoms with Gasteiger partial charge in [-0.1, -0.05) is 12.1 Å². The van der Waals surface area contributed by atoms with E-state index in [0.29, 0.717) is 4.90 Å². The Bertz CT molecular complexity index is 690. The molecule has 6 heteroatoms. The predicted molar refractivity (Wildman–Crippen MR) is 83.0 cm³/mol. The highest BCUT2D eigenvalue weighted by Gasteiger charge is 2.14. The number of aryl methyl sites for hydroxylation is 1. The second-order valence-corrected chi connectivity index (χ2v) is 7.03. The summed E-state index contributed by atoms with van der Waals surface area (Å²) in [4.78, 5) is 4.73. The van der Waals surface area contributed by atoms with Crippen molar-refractivity contribution in [3.8, 4) is 0 Å². The van der Waals surface area contributed by atoms with Gasteiger partial charge in [0.15, 0.2) is 9.84 Å². The van der Waals surface area contributed by atoms with Crippen molar-refractivity contribution in [2.75, 3.05) is 13.3 Å². The zero-order valence-electron chi connectivity index (χ0n) is 12.6. The fourth-order valence-electron chi connectivity index (χ4n) is 2.33. The van der Waals surface area contributed by atoms with E-state index in [1.54, 1.807) is 18.3 Å². The molecule has 2 rings (SSSR count). The van der Waals surface area contributed by atoms with Gasteiger partial charge in [-0.15, -0.1) is 0 Å². The molecule has 0 radical (unpaired) electrons. The van der Waals surface area contributed by atoms with Crippen LogP contribution in [0.3, 0.4) is 0 Å². The van der Waals surface area contributed by atoms with E-state index in [4.69, 9.17) is 0 Å². The van der Waals surface area contributed by atoms with Crippen molar-refractivity contribution >= 4 is 9.84 Å². The maximum absolute atomic E-state index is 11.5. The van der Waals surface area contributed by atoms with Gasteiger partial charge in [-0.2, -0.15) is 0 Å². The predicted octanol–water partition coefficient (Wildman–Crippen LogP) is 1.81. The molecule has 0 fully saturated rings. The van der Waals surface area contributed by atoms with Gasteiger partial charge in [0.05, 0.1) is 4.90 Å². The van der Waals surface area contributed by atoms with Gasteiger partial charge >= 0.3 is 0 Å². The summed E-state index contributed by atoms with van der Waals surface area (Å²) in [5.74, 6) is 1.02. The molecular weight excluding hydrogens is 286 g/mol. The van der Waals surface area contributed by atoms with Gasteiger partial charge in [0.1, 0.15) is 5.82 Å². The van der Waals surface area contributed by atoms with Gasteiger partial charge in [-0.05, 0) is 31.7 Å². The van der Waals surface area contributed by atoms with E-state index in [9.17, 15) is 8.42 Å². The Hall–Kier alpha value is -1.66. The Labute approximate surface area is 125 Å². The monoisotopic (exact) mass is 307 g/mol. The van der Waals surface area contributed by atoms with Crippen LogP contribution in [0.2, 0.25) is 0 Å². The molecule has 1 unspecified atom stereocenters. The summed E-state index contributed by atoms with van der Waals surface area (Å²) in [7, 11) is -1.25. The highest BCUT2D eigenvalue weighted by molar-refractivity contribution is 7.90. The SMILES string of the molecule is CCn1ccnc1CC(NC)c1ccc(S(C)(=O)=O)cc1. The average molecular weight is 307 g/mol. The number of nitrogens with one attached hydrogen (secondary N) is 1. The molecule has 2 aromatic rings. The van der Waals surface area contributed by atoms with Crippen LogP contribution in [-0.4, -0.2) is 31.3 Å². The number of hydrogen-bond donors (Lipinski definition) is 1. The minimum atomic E-state index is -3.15. The fourth-order valence-corrected chi connectivity index (χ4v) is 2.96. The van der Waals surface area contributed by atoms with Crippen molar-refractivity contribution in [2.24, 2.45) is 0 Å². The third-order valence-corrected chi connectivity index (χ3v) is 4.72. The van der Waals surface area contributed by atoms with Crippen LogP contribution in [-0.2, 0) is 22.8 Å². The van der Waals surface area contributed by atoms with Crippen LogP contribution in [0.4, 0.5) is 0 Å². The van der Waals surface area contributed by atoms with Gasteiger partial charge < -0.3 is 9.88 Å². The highest BCUT2D eigenvalue weighted by Crippen LogP contribution is 2.19. The first-order chi connectivity index (χ1) is 9.95. The van der Waals surface area contributed by atoms with Crippen molar-refractivity contribution in [3.63, 3.8) is 0 Å². The van der Waals surface area contributed by atoms with E-state index >= 15 is 0 Å². The second-order valence-electron chi connectivity index (χ2n) is 5.02. The molecule has 0 aliphatic rings. The Kier molecular flexibility index (Phi) is 4.80. The van der Waals surface area contributed by atoms with Crippen molar-refractivity contribution in [3.05, 3.63) is 48.0 Å². The van der Waals surface area contributed by atoms with Crippen LogP contribution in [0, 0.1) is 0 Å². The molecule has 1 aromatic carbocycles. The molecule has 0 saturated heterocycles. The van der Waals surface area contributed by atoms with Crippen LogP contribution in [0.25, 0.3) is 0 Å². The summed E-state index contributed by atoms with van der Waals surface area (Å²) in [5.41, 5.74) is 1.05. The maximum atomic E-state index is 11.5. The van der Waals surface area contributed by atoms with E-state index in [1.165, 1.54) is 6.26 Å². The van der Waals surface area contributed by atoms with Crippen molar-refractivity contribution in [1.82, 2.24) is 14.9 Å². The third-order valence-electron chi connectivity index (χ3n) is 3.59. The molecule has 0 amide bonds. The summed E-state index contributed by atoms with van der Waals surface area (Å²) >= 11 is 0. The quantitative estimate of drug-likeness (QED) is 0.884. The first kappa shape index (κ1) is 15.7. The number of benzene rings is 1. The van der Waals surface area contributed by atoms with Crippen LogP contribution in [0.1, 0.15) is 24.4 Å². The Morgan fingerprint density at radius 1 is 1.29 bits per heavy atom. The molecule has 5 nitrogen and oxygen atoms in total. The summed E-state index contributed by atoms with van der Waals surface area (Å²) in [5, 5.41) is 3.26. The summed E-state index contributed by atoms with van der Waals surface area (Å²) < 4.78 is 25.1. The number of likely N-dealkylation sites (N-methyl/N-ethyl adjacent to an activating group) is 1. The highest BCUT2D eigenvalue weighted by atomic mass is 32.2. The number of imidazole rings is 1. The molecule has 0 spiro atoms. The lowest BCUT2D eigenvalue weighted by Crippen LogP contribution is -2.20. The molecule has 0 aliphatic carbocycles. The maximum Gasteiger partial charge on any atom is 0.175 e. The molecule has 0 bridgehead atoms. The molecule has 21 heavy (non-hydrogen) atoms. The van der Waals surface area contributed by atoms with E-state index in [2.05, 4.69) is 21.8 Å².